The number of para-hydroxylation sites is 1. The van der Waals surface area contributed by atoms with Gasteiger partial charge in [-0.2, -0.15) is 0 Å². The summed E-state index contributed by atoms with van der Waals surface area (Å²) in [6.07, 6.45) is 1.98. The number of amides is 1. The molecule has 4 heteroatoms. The van der Waals surface area contributed by atoms with Crippen molar-refractivity contribution in [3.05, 3.63) is 29.3 Å². The van der Waals surface area contributed by atoms with Crippen LogP contribution in [0.25, 0.3) is 0 Å². The lowest BCUT2D eigenvalue weighted by atomic mass is 9.96. The van der Waals surface area contributed by atoms with Crippen LogP contribution in [0.2, 0.25) is 5.02 Å². The van der Waals surface area contributed by atoms with Crippen molar-refractivity contribution in [2.45, 2.75) is 39.2 Å². The van der Waals surface area contributed by atoms with Crippen molar-refractivity contribution in [1.29, 1.82) is 0 Å². The number of anilines is 1. The van der Waals surface area contributed by atoms with Gasteiger partial charge in [-0.25, -0.2) is 0 Å². The summed E-state index contributed by atoms with van der Waals surface area (Å²) in [7, 11) is 0. The molecule has 0 aromatic heterocycles. The summed E-state index contributed by atoms with van der Waals surface area (Å²) in [5.74, 6) is -0.0729. The molecule has 0 saturated heterocycles. The van der Waals surface area contributed by atoms with Crippen LogP contribution in [0, 0.1) is 0 Å². The number of carbonyl (C=O) groups is 1. The molecule has 1 amide bonds. The summed E-state index contributed by atoms with van der Waals surface area (Å²) in [6.45, 7) is 6.64. The van der Waals surface area contributed by atoms with Crippen molar-refractivity contribution in [3.63, 3.8) is 0 Å². The van der Waals surface area contributed by atoms with Gasteiger partial charge in [0.05, 0.1) is 17.3 Å². The van der Waals surface area contributed by atoms with Gasteiger partial charge in [0.25, 0.3) is 0 Å². The number of halogens is 1. The summed E-state index contributed by atoms with van der Waals surface area (Å²) in [5, 5.41) is 6.63. The van der Waals surface area contributed by atoms with Crippen LogP contribution in [0.5, 0.6) is 0 Å². The van der Waals surface area contributed by atoms with Gasteiger partial charge < -0.3 is 10.6 Å². The molecule has 18 heavy (non-hydrogen) atoms. The molecule has 0 bridgehead atoms. The average molecular weight is 269 g/mol. The van der Waals surface area contributed by atoms with Crippen molar-refractivity contribution in [2.75, 3.05) is 11.9 Å². The highest BCUT2D eigenvalue weighted by Gasteiger charge is 2.19. The SMILES string of the molecule is CCC(C)(CC)NCC(=O)Nc1ccccc1Cl. The number of rotatable bonds is 6. The maximum absolute atomic E-state index is 11.8. The first kappa shape index (κ1) is 15.0. The van der Waals surface area contributed by atoms with Gasteiger partial charge in [-0.1, -0.05) is 37.6 Å². The number of hydrogen-bond donors (Lipinski definition) is 2. The molecule has 0 atom stereocenters. The number of hydrogen-bond acceptors (Lipinski definition) is 2. The molecule has 1 aromatic carbocycles. The van der Waals surface area contributed by atoms with Gasteiger partial charge in [-0.3, -0.25) is 4.79 Å². The normalized spacial score (nSPS) is 11.3. The van der Waals surface area contributed by atoms with E-state index >= 15 is 0 Å². The largest absolute Gasteiger partial charge is 0.324 e. The van der Waals surface area contributed by atoms with Gasteiger partial charge >= 0.3 is 0 Å². The Morgan fingerprint density at radius 3 is 2.44 bits per heavy atom. The first-order valence-electron chi connectivity index (χ1n) is 6.30. The van der Waals surface area contributed by atoms with Gasteiger partial charge in [0, 0.05) is 5.54 Å². The van der Waals surface area contributed by atoms with Gasteiger partial charge in [0.2, 0.25) is 5.91 Å². The maximum atomic E-state index is 11.8. The second-order valence-electron chi connectivity index (χ2n) is 4.65. The van der Waals surface area contributed by atoms with Crippen molar-refractivity contribution >= 4 is 23.2 Å². The van der Waals surface area contributed by atoms with Gasteiger partial charge in [-0.15, -0.1) is 0 Å². The Balaban J connectivity index is 2.50. The van der Waals surface area contributed by atoms with Crippen LogP contribution >= 0.6 is 11.6 Å². The number of nitrogens with one attached hydrogen (secondary N) is 2. The molecule has 0 fully saturated rings. The number of carbonyl (C=O) groups excluding carboxylic acids is 1. The Bertz CT molecular complexity index is 403. The number of benzene rings is 1. The Kier molecular flexibility index (Phi) is 5.63. The van der Waals surface area contributed by atoms with E-state index in [-0.39, 0.29) is 11.4 Å². The smallest absolute Gasteiger partial charge is 0.238 e. The highest BCUT2D eigenvalue weighted by Crippen LogP contribution is 2.20. The predicted molar refractivity (Wildman–Crippen MR) is 77.1 cm³/mol. The van der Waals surface area contributed by atoms with E-state index in [1.807, 2.05) is 12.1 Å². The maximum Gasteiger partial charge on any atom is 0.238 e. The Hall–Kier alpha value is -1.06. The van der Waals surface area contributed by atoms with E-state index in [0.717, 1.165) is 12.8 Å². The van der Waals surface area contributed by atoms with E-state index in [1.54, 1.807) is 12.1 Å². The van der Waals surface area contributed by atoms with E-state index in [9.17, 15) is 4.79 Å². The third-order valence-electron chi connectivity index (χ3n) is 3.38. The van der Waals surface area contributed by atoms with Crippen molar-refractivity contribution in [1.82, 2.24) is 5.32 Å². The standard InChI is InChI=1S/C14H21ClN2O/c1-4-14(3,5-2)16-10-13(18)17-12-9-7-6-8-11(12)15/h6-9,16H,4-5,10H2,1-3H3,(H,17,18). The highest BCUT2D eigenvalue weighted by atomic mass is 35.5. The zero-order chi connectivity index (χ0) is 13.6. The Morgan fingerprint density at radius 1 is 1.28 bits per heavy atom. The molecule has 0 heterocycles. The zero-order valence-electron chi connectivity index (χ0n) is 11.2. The van der Waals surface area contributed by atoms with E-state index in [1.165, 1.54) is 0 Å². The van der Waals surface area contributed by atoms with Crippen molar-refractivity contribution in [2.24, 2.45) is 0 Å². The van der Waals surface area contributed by atoms with E-state index in [4.69, 9.17) is 11.6 Å². The summed E-state index contributed by atoms with van der Waals surface area (Å²) in [5.41, 5.74) is 0.665. The fraction of sp³-hybridized carbons (Fsp3) is 0.500. The van der Waals surface area contributed by atoms with Gasteiger partial charge in [-0.05, 0) is 31.9 Å². The van der Waals surface area contributed by atoms with E-state index in [0.29, 0.717) is 17.3 Å². The highest BCUT2D eigenvalue weighted by molar-refractivity contribution is 6.33. The molecule has 0 aliphatic heterocycles. The third kappa shape index (κ3) is 4.31. The van der Waals surface area contributed by atoms with Crippen molar-refractivity contribution < 1.29 is 4.79 Å². The molecule has 2 N–H and O–H groups in total. The molecule has 1 rings (SSSR count). The van der Waals surface area contributed by atoms with E-state index in [2.05, 4.69) is 31.4 Å². The Morgan fingerprint density at radius 2 is 1.89 bits per heavy atom. The molecule has 0 aliphatic carbocycles. The van der Waals surface area contributed by atoms with Crippen LogP contribution in [0.4, 0.5) is 5.69 Å². The van der Waals surface area contributed by atoms with Gasteiger partial charge in [0.15, 0.2) is 0 Å². The minimum absolute atomic E-state index is 0.0117. The first-order valence-corrected chi connectivity index (χ1v) is 6.68. The van der Waals surface area contributed by atoms with Crippen molar-refractivity contribution in [3.8, 4) is 0 Å². The lowest BCUT2D eigenvalue weighted by molar-refractivity contribution is -0.115. The van der Waals surface area contributed by atoms with Crippen LogP contribution in [0.3, 0.4) is 0 Å². The van der Waals surface area contributed by atoms with Crippen LogP contribution in [0.1, 0.15) is 33.6 Å². The Labute approximate surface area is 114 Å². The molecule has 3 nitrogen and oxygen atoms in total. The molecule has 0 radical (unpaired) electrons. The molecular formula is C14H21ClN2O. The first-order chi connectivity index (χ1) is 8.50. The summed E-state index contributed by atoms with van der Waals surface area (Å²) in [4.78, 5) is 11.8. The average Bonchev–Trinajstić information content (AvgIpc) is 2.39. The second kappa shape index (κ2) is 6.76. The van der Waals surface area contributed by atoms with Crippen LogP contribution < -0.4 is 10.6 Å². The van der Waals surface area contributed by atoms with Crippen LogP contribution in [-0.2, 0) is 4.79 Å². The predicted octanol–water partition coefficient (Wildman–Crippen LogP) is 3.45. The fourth-order valence-electron chi connectivity index (χ4n) is 1.55. The molecule has 0 aliphatic rings. The lowest BCUT2D eigenvalue weighted by Crippen LogP contribution is -2.45. The lowest BCUT2D eigenvalue weighted by Gasteiger charge is -2.28. The van der Waals surface area contributed by atoms with E-state index < -0.39 is 0 Å². The minimum Gasteiger partial charge on any atom is -0.324 e. The fourth-order valence-corrected chi connectivity index (χ4v) is 1.73. The molecule has 0 spiro atoms. The molecule has 0 unspecified atom stereocenters. The van der Waals surface area contributed by atoms with Crippen LogP contribution in [-0.4, -0.2) is 18.0 Å². The quantitative estimate of drug-likeness (QED) is 0.830. The monoisotopic (exact) mass is 268 g/mol. The summed E-state index contributed by atoms with van der Waals surface area (Å²) < 4.78 is 0. The van der Waals surface area contributed by atoms with Gasteiger partial charge in [0.1, 0.15) is 0 Å². The summed E-state index contributed by atoms with van der Waals surface area (Å²) in [6, 6.07) is 7.23. The molecular weight excluding hydrogens is 248 g/mol. The molecule has 1 aromatic rings. The molecule has 0 saturated carbocycles. The summed E-state index contributed by atoms with van der Waals surface area (Å²) >= 11 is 5.98. The minimum atomic E-state index is -0.0729. The third-order valence-corrected chi connectivity index (χ3v) is 3.71. The second-order valence-corrected chi connectivity index (χ2v) is 5.06. The van der Waals surface area contributed by atoms with Crippen LogP contribution in [0.15, 0.2) is 24.3 Å². The topological polar surface area (TPSA) is 41.1 Å². The zero-order valence-corrected chi connectivity index (χ0v) is 12.0. The molecule has 100 valence electrons.